The normalized spacial score (nSPS) is 12.0. The van der Waals surface area contributed by atoms with Crippen LogP contribution in [-0.2, 0) is 18.9 Å². The lowest BCUT2D eigenvalue weighted by Crippen LogP contribution is -2.48. The van der Waals surface area contributed by atoms with Gasteiger partial charge >= 0.3 is 24.4 Å². The van der Waals surface area contributed by atoms with E-state index < -0.39 is 46.8 Å². The Morgan fingerprint density at radius 3 is 1.35 bits per heavy atom. The highest BCUT2D eigenvalue weighted by molar-refractivity contribution is 5.70. The smallest absolute Gasteiger partial charge is 0.410 e. The maximum Gasteiger partial charge on any atom is 0.410 e. The fourth-order valence-corrected chi connectivity index (χ4v) is 4.26. The summed E-state index contributed by atoms with van der Waals surface area (Å²) in [5.74, 6) is -0.217. The van der Waals surface area contributed by atoms with Crippen molar-refractivity contribution >= 4 is 24.4 Å². The molecule has 0 atom stereocenters. The Morgan fingerprint density at radius 2 is 1.00 bits per heavy atom. The minimum absolute atomic E-state index is 0.121. The van der Waals surface area contributed by atoms with E-state index in [2.05, 4.69) is 20.7 Å². The van der Waals surface area contributed by atoms with Gasteiger partial charge in [-0.3, -0.25) is 0 Å². The van der Waals surface area contributed by atoms with Crippen molar-refractivity contribution in [2.24, 2.45) is 11.0 Å². The van der Waals surface area contributed by atoms with Gasteiger partial charge in [0.2, 0.25) is 0 Å². The van der Waals surface area contributed by atoms with Gasteiger partial charge in [-0.2, -0.15) is 0 Å². The van der Waals surface area contributed by atoms with Crippen molar-refractivity contribution in [3.05, 3.63) is 10.4 Å². The molecule has 15 heteroatoms. The Kier molecular flexibility index (Phi) is 19.1. The van der Waals surface area contributed by atoms with Crippen LogP contribution in [0, 0.1) is 5.92 Å². The highest BCUT2D eigenvalue weighted by atomic mass is 16.6. The number of amides is 4. The van der Waals surface area contributed by atoms with Crippen LogP contribution in [0.2, 0.25) is 0 Å². The maximum atomic E-state index is 13.4. The molecule has 0 rings (SSSR count). The summed E-state index contributed by atoms with van der Waals surface area (Å²) in [7, 11) is 0. The van der Waals surface area contributed by atoms with E-state index in [1.54, 1.807) is 83.1 Å². The molecular formula is C33H63N7O8. The molecule has 0 unspecified atom stereocenters. The molecule has 48 heavy (non-hydrogen) atoms. The summed E-state index contributed by atoms with van der Waals surface area (Å²) in [6.07, 6.45) is 1.61. The number of nitrogens with one attached hydrogen (secondary N) is 2. The molecule has 0 aromatic rings. The topological polar surface area (TPSA) is 184 Å². The van der Waals surface area contributed by atoms with E-state index in [0.29, 0.717) is 13.0 Å². The molecule has 0 aromatic heterocycles. The second kappa shape index (κ2) is 20.7. The first-order valence-corrected chi connectivity index (χ1v) is 16.8. The van der Waals surface area contributed by atoms with Crippen LogP contribution >= 0.6 is 0 Å². The standard InChI is InChI=1S/C33H63N7O8/c1-30(2,3)45-26(41)35-19-21-39(28(43)47-32(7,8)9)23-25(17-15-13-14-16-18-37-38-34)24-40(29(44)48-33(10,11)12)22-20-36-27(42)46-31(4,5)6/h25H,13-24H2,1-12H3,(H,35,41)(H,36,42). The van der Waals surface area contributed by atoms with Gasteiger partial charge < -0.3 is 39.4 Å². The molecule has 0 aromatic carbocycles. The molecule has 0 radical (unpaired) electrons. The third-order valence-electron chi connectivity index (χ3n) is 6.04. The summed E-state index contributed by atoms with van der Waals surface area (Å²) in [4.78, 5) is 57.2. The number of ether oxygens (including phenoxy) is 4. The van der Waals surface area contributed by atoms with Crippen molar-refractivity contribution in [2.75, 3.05) is 45.8 Å². The van der Waals surface area contributed by atoms with Gasteiger partial charge in [-0.05, 0) is 107 Å². The molecule has 278 valence electrons. The first-order chi connectivity index (χ1) is 21.9. The number of carbonyl (C=O) groups is 4. The van der Waals surface area contributed by atoms with Gasteiger partial charge in [-0.1, -0.05) is 24.4 Å². The summed E-state index contributed by atoms with van der Waals surface area (Å²) in [6, 6.07) is 0. The van der Waals surface area contributed by atoms with Crippen molar-refractivity contribution in [3.8, 4) is 0 Å². The Labute approximate surface area is 287 Å². The summed E-state index contributed by atoms with van der Waals surface area (Å²) in [5.41, 5.74) is 5.67. The average molecular weight is 686 g/mol. The highest BCUT2D eigenvalue weighted by Crippen LogP contribution is 2.19. The van der Waals surface area contributed by atoms with Gasteiger partial charge in [0.25, 0.3) is 0 Å². The molecule has 0 aliphatic carbocycles. The predicted octanol–water partition coefficient (Wildman–Crippen LogP) is 7.39. The van der Waals surface area contributed by atoms with Crippen LogP contribution in [-0.4, -0.2) is 102 Å². The van der Waals surface area contributed by atoms with Crippen LogP contribution in [0.3, 0.4) is 0 Å². The van der Waals surface area contributed by atoms with Crippen LogP contribution in [0.1, 0.15) is 115 Å². The summed E-state index contributed by atoms with van der Waals surface area (Å²) >= 11 is 0. The number of rotatable bonds is 17. The number of azide groups is 1. The summed E-state index contributed by atoms with van der Waals surface area (Å²) in [6.45, 7) is 22.6. The van der Waals surface area contributed by atoms with Gasteiger partial charge in [0.15, 0.2) is 0 Å². The minimum atomic E-state index is -0.759. The number of alkyl carbamates (subject to hydrolysis) is 2. The number of unbranched alkanes of at least 4 members (excludes halogenated alkanes) is 3. The monoisotopic (exact) mass is 685 g/mol. The lowest BCUT2D eigenvalue weighted by molar-refractivity contribution is 0.0130. The third kappa shape index (κ3) is 25.5. The van der Waals surface area contributed by atoms with E-state index in [-0.39, 0.29) is 45.2 Å². The van der Waals surface area contributed by atoms with Crippen molar-refractivity contribution in [1.29, 1.82) is 0 Å². The maximum absolute atomic E-state index is 13.4. The quantitative estimate of drug-likeness (QED) is 0.0522. The van der Waals surface area contributed by atoms with Crippen LogP contribution in [0.25, 0.3) is 10.4 Å². The fourth-order valence-electron chi connectivity index (χ4n) is 4.26. The Hall–Kier alpha value is -3.61. The van der Waals surface area contributed by atoms with Crippen LogP contribution < -0.4 is 10.6 Å². The van der Waals surface area contributed by atoms with Crippen LogP contribution in [0.4, 0.5) is 19.2 Å². The molecule has 0 aliphatic rings. The molecule has 0 aliphatic heterocycles. The molecule has 0 bridgehead atoms. The van der Waals surface area contributed by atoms with Gasteiger partial charge in [0.05, 0.1) is 0 Å². The van der Waals surface area contributed by atoms with E-state index in [4.69, 9.17) is 24.5 Å². The van der Waals surface area contributed by atoms with Crippen molar-refractivity contribution in [2.45, 2.75) is 138 Å². The third-order valence-corrected chi connectivity index (χ3v) is 6.04. The lowest BCUT2D eigenvalue weighted by Gasteiger charge is -2.34. The molecular weight excluding hydrogens is 622 g/mol. The van der Waals surface area contributed by atoms with E-state index in [0.717, 1.165) is 25.7 Å². The SMILES string of the molecule is CC(C)(C)OC(=O)NCCN(CC(CCCCCCN=[N+]=[N-])CN(CCNC(=O)OC(C)(C)C)C(=O)OC(C)(C)C)C(=O)OC(C)(C)C. The van der Waals surface area contributed by atoms with E-state index >= 15 is 0 Å². The van der Waals surface area contributed by atoms with E-state index in [1.165, 1.54) is 9.80 Å². The second-order valence-corrected chi connectivity index (χ2v) is 15.7. The van der Waals surface area contributed by atoms with Gasteiger partial charge in [0, 0.05) is 50.7 Å². The number of carbonyl (C=O) groups excluding carboxylic acids is 4. The second-order valence-electron chi connectivity index (χ2n) is 15.7. The summed E-state index contributed by atoms with van der Waals surface area (Å²) in [5, 5.41) is 8.98. The number of nitrogens with zero attached hydrogens (tertiary/aromatic N) is 5. The molecule has 0 saturated heterocycles. The zero-order valence-corrected chi connectivity index (χ0v) is 31.6. The first kappa shape index (κ1) is 44.4. The van der Waals surface area contributed by atoms with Crippen molar-refractivity contribution in [3.63, 3.8) is 0 Å². The zero-order chi connectivity index (χ0) is 37.2. The molecule has 0 heterocycles. The minimum Gasteiger partial charge on any atom is -0.444 e. The summed E-state index contributed by atoms with van der Waals surface area (Å²) < 4.78 is 22.1. The van der Waals surface area contributed by atoms with E-state index in [9.17, 15) is 19.2 Å². The fraction of sp³-hybridized carbons (Fsp3) is 0.879. The Balaban J connectivity index is 6.09. The molecule has 15 nitrogen and oxygen atoms in total. The Bertz CT molecular complexity index is 984. The van der Waals surface area contributed by atoms with Crippen LogP contribution in [0.5, 0.6) is 0 Å². The average Bonchev–Trinajstić information content (AvgIpc) is 2.87. The molecule has 4 amide bonds. The lowest BCUT2D eigenvalue weighted by atomic mass is 9.99. The van der Waals surface area contributed by atoms with Gasteiger partial charge in [-0.25, -0.2) is 19.2 Å². The first-order valence-electron chi connectivity index (χ1n) is 16.8. The van der Waals surface area contributed by atoms with Gasteiger partial charge in [0.1, 0.15) is 22.4 Å². The van der Waals surface area contributed by atoms with Gasteiger partial charge in [-0.15, -0.1) is 0 Å². The molecule has 0 saturated carbocycles. The van der Waals surface area contributed by atoms with Crippen LogP contribution in [0.15, 0.2) is 5.11 Å². The number of hydrogen-bond acceptors (Lipinski definition) is 9. The number of hydrogen-bond donors (Lipinski definition) is 2. The van der Waals surface area contributed by atoms with Crippen molar-refractivity contribution < 1.29 is 38.1 Å². The van der Waals surface area contributed by atoms with Crippen molar-refractivity contribution in [1.82, 2.24) is 20.4 Å². The zero-order valence-electron chi connectivity index (χ0n) is 31.6. The Morgan fingerprint density at radius 1 is 0.625 bits per heavy atom. The molecule has 0 spiro atoms. The predicted molar refractivity (Wildman–Crippen MR) is 185 cm³/mol. The van der Waals surface area contributed by atoms with E-state index in [1.807, 2.05) is 0 Å². The highest BCUT2D eigenvalue weighted by Gasteiger charge is 2.29. The molecule has 2 N–H and O–H groups in total. The molecule has 0 fully saturated rings. The largest absolute Gasteiger partial charge is 0.444 e.